The molecule has 0 atom stereocenters. The number of para-hydroxylation sites is 1. The molecule has 2 aliphatic rings. The van der Waals surface area contributed by atoms with Gasteiger partial charge in [0.1, 0.15) is 27.9 Å². The number of hydrogen-bond acceptors (Lipinski definition) is 7. The number of hydrogen-bond donors (Lipinski definition) is 1. The molecule has 4 heterocycles. The highest BCUT2D eigenvalue weighted by Crippen LogP contribution is 2.47. The summed E-state index contributed by atoms with van der Waals surface area (Å²) in [7, 11) is 6.05. The minimum Gasteiger partial charge on any atom is -0.456 e. The van der Waals surface area contributed by atoms with Crippen LogP contribution in [0.1, 0.15) is 23.2 Å². The molecule has 0 aliphatic carbocycles. The van der Waals surface area contributed by atoms with Crippen LogP contribution in [-0.2, 0) is 0 Å². The monoisotopic (exact) mass is 583 g/mol. The number of likely N-dealkylation sites (N-methyl/N-ethyl adjacent to an activating group) is 1. The Balaban J connectivity index is 1.40. The molecule has 7 rings (SSSR count). The quantitative estimate of drug-likeness (QED) is 0.256. The number of pyridine rings is 1. The SMILES string of the molecule is CN(C)CCCCNc1c(F)cc2c(=O)c(C(=O)N3CCN(C)CC3)cn3c2c1Oc1cc2c(cc1-3)oc1ccccc12. The van der Waals surface area contributed by atoms with E-state index in [0.717, 1.165) is 48.8 Å². The second-order valence-electron chi connectivity index (χ2n) is 11.7. The third kappa shape index (κ3) is 4.71. The van der Waals surface area contributed by atoms with E-state index in [0.29, 0.717) is 42.2 Å². The van der Waals surface area contributed by atoms with E-state index in [4.69, 9.17) is 9.15 Å². The molecule has 2 aromatic heterocycles. The predicted octanol–water partition coefficient (Wildman–Crippen LogP) is 5.28. The van der Waals surface area contributed by atoms with Gasteiger partial charge in [0, 0.05) is 55.8 Å². The second kappa shape index (κ2) is 10.7. The number of carbonyl (C=O) groups excluding carboxylic acids is 1. The molecule has 1 N–H and O–H groups in total. The zero-order chi connectivity index (χ0) is 29.8. The van der Waals surface area contributed by atoms with Crippen LogP contribution in [-0.4, -0.2) is 85.6 Å². The molecule has 3 aromatic carbocycles. The maximum Gasteiger partial charge on any atom is 0.259 e. The summed E-state index contributed by atoms with van der Waals surface area (Å²) in [6.07, 6.45) is 3.37. The van der Waals surface area contributed by atoms with E-state index in [-0.39, 0.29) is 28.3 Å². The first-order chi connectivity index (χ1) is 20.8. The van der Waals surface area contributed by atoms with Gasteiger partial charge >= 0.3 is 0 Å². The first-order valence-corrected chi connectivity index (χ1v) is 14.7. The number of ether oxygens (including phenoxy) is 1. The number of nitrogens with one attached hydrogen (secondary N) is 1. The molecule has 1 saturated heterocycles. The van der Waals surface area contributed by atoms with Gasteiger partial charge in [-0.15, -0.1) is 0 Å². The first-order valence-electron chi connectivity index (χ1n) is 14.7. The highest BCUT2D eigenvalue weighted by Gasteiger charge is 2.31. The molecule has 1 amide bonds. The number of amides is 1. The Kier molecular flexibility index (Phi) is 6.82. The van der Waals surface area contributed by atoms with Gasteiger partial charge in [0.2, 0.25) is 5.43 Å². The molecule has 0 unspecified atom stereocenters. The molecule has 0 radical (unpaired) electrons. The molecule has 0 spiro atoms. The van der Waals surface area contributed by atoms with Crippen LogP contribution in [0.5, 0.6) is 11.5 Å². The van der Waals surface area contributed by atoms with Crippen molar-refractivity contribution in [2.75, 3.05) is 65.7 Å². The van der Waals surface area contributed by atoms with E-state index in [9.17, 15) is 9.59 Å². The van der Waals surface area contributed by atoms with E-state index in [1.165, 1.54) is 6.07 Å². The van der Waals surface area contributed by atoms with Crippen LogP contribution in [0.2, 0.25) is 0 Å². The maximum atomic E-state index is 15.8. The van der Waals surface area contributed by atoms with E-state index < -0.39 is 11.2 Å². The average molecular weight is 584 g/mol. The number of rotatable bonds is 7. The summed E-state index contributed by atoms with van der Waals surface area (Å²) in [5.41, 5.74) is 2.10. The fourth-order valence-electron chi connectivity index (χ4n) is 6.10. The van der Waals surface area contributed by atoms with Crippen LogP contribution >= 0.6 is 0 Å². The molecule has 222 valence electrons. The molecule has 43 heavy (non-hydrogen) atoms. The van der Waals surface area contributed by atoms with Crippen molar-refractivity contribution in [2.45, 2.75) is 12.8 Å². The molecule has 10 heteroatoms. The number of anilines is 1. The Bertz CT molecular complexity index is 1960. The lowest BCUT2D eigenvalue weighted by Crippen LogP contribution is -2.48. The van der Waals surface area contributed by atoms with E-state index >= 15 is 4.39 Å². The molecule has 1 fully saturated rings. The number of nitrogens with zero attached hydrogens (tertiary/aromatic N) is 4. The van der Waals surface area contributed by atoms with Crippen molar-refractivity contribution in [3.63, 3.8) is 0 Å². The molecule has 0 bridgehead atoms. The highest BCUT2D eigenvalue weighted by molar-refractivity contribution is 6.07. The average Bonchev–Trinajstić information content (AvgIpc) is 3.35. The molecule has 5 aromatic rings. The number of carbonyl (C=O) groups is 1. The van der Waals surface area contributed by atoms with Gasteiger partial charge in [0.05, 0.1) is 11.1 Å². The summed E-state index contributed by atoms with van der Waals surface area (Å²) in [6, 6.07) is 12.7. The number of benzene rings is 3. The van der Waals surface area contributed by atoms with E-state index in [1.807, 2.05) is 57.5 Å². The fourth-order valence-corrected chi connectivity index (χ4v) is 6.10. The minimum absolute atomic E-state index is 0.00403. The van der Waals surface area contributed by atoms with Crippen LogP contribution in [0.3, 0.4) is 0 Å². The summed E-state index contributed by atoms with van der Waals surface area (Å²) in [5, 5.41) is 5.12. The van der Waals surface area contributed by atoms with Crippen molar-refractivity contribution < 1.29 is 18.3 Å². The van der Waals surface area contributed by atoms with E-state index in [1.54, 1.807) is 15.7 Å². The molecular formula is C33H34FN5O4. The Morgan fingerprint density at radius 1 is 1.00 bits per heavy atom. The maximum absolute atomic E-state index is 15.8. The standard InChI is InChI=1S/C33H34FN5O4/c1-36(2)11-7-6-10-35-29-24(34)16-22-30-32(29)43-28-17-21-20-8-4-5-9-26(20)42-27(21)18-25(28)39(30)19-23(31(22)40)33(41)38-14-12-37(3)13-15-38/h4-5,8-9,16-19,35H,6-7,10-15H2,1-3H3. The lowest BCUT2D eigenvalue weighted by Gasteiger charge is -2.32. The van der Waals surface area contributed by atoms with Crippen LogP contribution in [0.25, 0.3) is 38.5 Å². The Labute approximate surface area is 248 Å². The zero-order valence-electron chi connectivity index (χ0n) is 24.6. The number of halogens is 1. The number of fused-ring (bicyclic) bond motifs is 5. The molecule has 9 nitrogen and oxygen atoms in total. The Morgan fingerprint density at radius 2 is 1.79 bits per heavy atom. The second-order valence-corrected chi connectivity index (χ2v) is 11.7. The molecular weight excluding hydrogens is 549 g/mol. The minimum atomic E-state index is -0.596. The largest absolute Gasteiger partial charge is 0.456 e. The van der Waals surface area contributed by atoms with Crippen molar-refractivity contribution in [3.05, 3.63) is 70.3 Å². The van der Waals surface area contributed by atoms with Gasteiger partial charge in [0.15, 0.2) is 17.3 Å². The summed E-state index contributed by atoms with van der Waals surface area (Å²) in [5.74, 6) is -0.235. The van der Waals surface area contributed by atoms with Crippen molar-refractivity contribution in [1.82, 2.24) is 19.3 Å². The first kappa shape index (κ1) is 27.4. The normalized spacial score (nSPS) is 15.0. The summed E-state index contributed by atoms with van der Waals surface area (Å²) >= 11 is 0. The van der Waals surface area contributed by atoms with Gasteiger partial charge in [-0.3, -0.25) is 9.59 Å². The van der Waals surface area contributed by atoms with Crippen molar-refractivity contribution in [3.8, 4) is 17.2 Å². The Morgan fingerprint density at radius 3 is 2.58 bits per heavy atom. The van der Waals surface area contributed by atoms with Gasteiger partial charge in [-0.05, 0) is 58.7 Å². The third-order valence-corrected chi connectivity index (χ3v) is 8.48. The smallest absolute Gasteiger partial charge is 0.259 e. The fraction of sp³-hybridized carbons (Fsp3) is 0.333. The van der Waals surface area contributed by atoms with Gasteiger partial charge in [0.25, 0.3) is 5.91 Å². The number of piperazine rings is 1. The van der Waals surface area contributed by atoms with Crippen molar-refractivity contribution >= 4 is 44.4 Å². The van der Waals surface area contributed by atoms with Crippen LogP contribution in [0.4, 0.5) is 10.1 Å². The van der Waals surface area contributed by atoms with Crippen LogP contribution in [0.15, 0.2) is 57.9 Å². The molecule has 0 saturated carbocycles. The van der Waals surface area contributed by atoms with Gasteiger partial charge in [-0.2, -0.15) is 0 Å². The number of aromatic nitrogens is 1. The molecule has 2 aliphatic heterocycles. The summed E-state index contributed by atoms with van der Waals surface area (Å²) in [4.78, 5) is 33.5. The summed E-state index contributed by atoms with van der Waals surface area (Å²) in [6.45, 7) is 3.93. The van der Waals surface area contributed by atoms with Gasteiger partial charge in [-0.1, -0.05) is 18.2 Å². The lowest BCUT2D eigenvalue weighted by molar-refractivity contribution is 0.0662. The Hall–Kier alpha value is -4.41. The van der Waals surface area contributed by atoms with Crippen LogP contribution in [0, 0.1) is 5.82 Å². The summed E-state index contributed by atoms with van der Waals surface area (Å²) < 4.78 is 30.2. The number of furan rings is 1. The van der Waals surface area contributed by atoms with Crippen molar-refractivity contribution in [1.29, 1.82) is 0 Å². The predicted molar refractivity (Wildman–Crippen MR) is 167 cm³/mol. The van der Waals surface area contributed by atoms with Gasteiger partial charge in [-0.25, -0.2) is 4.39 Å². The van der Waals surface area contributed by atoms with Crippen molar-refractivity contribution in [2.24, 2.45) is 0 Å². The van der Waals surface area contributed by atoms with Crippen LogP contribution < -0.4 is 15.5 Å². The highest BCUT2D eigenvalue weighted by atomic mass is 19.1. The number of unbranched alkanes of at least 4 members (excludes halogenated alkanes) is 1. The topological polar surface area (TPSA) is 83.2 Å². The third-order valence-electron chi connectivity index (χ3n) is 8.48. The van der Waals surface area contributed by atoms with Gasteiger partial charge < -0.3 is 33.7 Å². The van der Waals surface area contributed by atoms with E-state index in [2.05, 4.69) is 15.1 Å². The lowest BCUT2D eigenvalue weighted by atomic mass is 10.0. The zero-order valence-corrected chi connectivity index (χ0v) is 24.6.